The van der Waals surface area contributed by atoms with E-state index in [1.165, 1.54) is 7.11 Å². The van der Waals surface area contributed by atoms with Crippen LogP contribution < -0.4 is 5.32 Å². The summed E-state index contributed by atoms with van der Waals surface area (Å²) in [5, 5.41) is 2.35. The number of nitrogens with one attached hydrogen (secondary N) is 1. The molecule has 0 saturated heterocycles. The Morgan fingerprint density at radius 1 is 1.33 bits per heavy atom. The summed E-state index contributed by atoms with van der Waals surface area (Å²) < 4.78 is 42.5. The molecule has 0 atom stereocenters. The van der Waals surface area contributed by atoms with E-state index in [1.54, 1.807) is 13.8 Å². The predicted molar refractivity (Wildman–Crippen MR) is 61.6 cm³/mol. The summed E-state index contributed by atoms with van der Waals surface area (Å²) in [6.07, 6.45) is -4.56. The Morgan fingerprint density at radius 3 is 2.44 bits per heavy atom. The van der Waals surface area contributed by atoms with Gasteiger partial charge in [0.1, 0.15) is 5.82 Å². The van der Waals surface area contributed by atoms with Crippen molar-refractivity contribution in [3.8, 4) is 0 Å². The third-order valence-electron chi connectivity index (χ3n) is 1.96. The normalized spacial score (nSPS) is 12.6. The van der Waals surface area contributed by atoms with Crippen molar-refractivity contribution in [2.75, 3.05) is 19.0 Å². The lowest BCUT2D eigenvalue weighted by atomic mass is 10.1. The monoisotopic (exact) mass is 283 g/mol. The molecular weight excluding hydrogens is 271 g/mol. The van der Waals surface area contributed by atoms with Gasteiger partial charge in [-0.1, -0.05) is 0 Å². The van der Waals surface area contributed by atoms with E-state index < -0.39 is 22.7 Å². The molecular formula is C10H13ClF3N3O. The van der Waals surface area contributed by atoms with Crippen molar-refractivity contribution in [2.24, 2.45) is 0 Å². The van der Waals surface area contributed by atoms with Crippen LogP contribution in [0.1, 0.15) is 19.5 Å². The fourth-order valence-electron chi connectivity index (χ4n) is 1.37. The smallest absolute Gasteiger partial charge is 0.382 e. The second kappa shape index (κ2) is 5.27. The highest BCUT2D eigenvalue weighted by molar-refractivity contribution is 6.28. The zero-order valence-electron chi connectivity index (χ0n) is 10.1. The zero-order chi connectivity index (χ0) is 14.0. The van der Waals surface area contributed by atoms with Gasteiger partial charge in [-0.3, -0.25) is 0 Å². The van der Waals surface area contributed by atoms with Crippen LogP contribution in [0.2, 0.25) is 5.28 Å². The van der Waals surface area contributed by atoms with E-state index in [0.29, 0.717) is 6.61 Å². The number of anilines is 1. The molecule has 102 valence electrons. The third kappa shape index (κ3) is 4.30. The molecule has 0 aliphatic heterocycles. The van der Waals surface area contributed by atoms with Crippen molar-refractivity contribution in [1.29, 1.82) is 0 Å². The lowest BCUT2D eigenvalue weighted by Gasteiger charge is -2.26. The summed E-state index contributed by atoms with van der Waals surface area (Å²) in [7, 11) is 1.50. The maximum atomic E-state index is 12.5. The number of ether oxygens (including phenoxy) is 1. The Morgan fingerprint density at radius 2 is 1.94 bits per heavy atom. The second-order valence-corrected chi connectivity index (χ2v) is 4.69. The van der Waals surface area contributed by atoms with Gasteiger partial charge in [-0.05, 0) is 25.4 Å². The van der Waals surface area contributed by atoms with Crippen molar-refractivity contribution < 1.29 is 17.9 Å². The van der Waals surface area contributed by atoms with E-state index in [4.69, 9.17) is 16.3 Å². The van der Waals surface area contributed by atoms with E-state index in [0.717, 1.165) is 6.07 Å². The van der Waals surface area contributed by atoms with Crippen LogP contribution in [0.4, 0.5) is 19.0 Å². The lowest BCUT2D eigenvalue weighted by molar-refractivity contribution is -0.141. The van der Waals surface area contributed by atoms with E-state index in [-0.39, 0.29) is 5.82 Å². The minimum Gasteiger partial charge on any atom is -0.382 e. The van der Waals surface area contributed by atoms with Crippen molar-refractivity contribution >= 4 is 17.4 Å². The maximum absolute atomic E-state index is 12.5. The van der Waals surface area contributed by atoms with Gasteiger partial charge in [0.2, 0.25) is 5.28 Å². The molecule has 0 aromatic carbocycles. The van der Waals surface area contributed by atoms with Crippen LogP contribution in [0.15, 0.2) is 6.07 Å². The fraction of sp³-hybridized carbons (Fsp3) is 0.600. The molecule has 0 aliphatic rings. The SMILES string of the molecule is COCC(C)(C)Nc1cc(C(F)(F)F)nc(Cl)n1. The summed E-state index contributed by atoms with van der Waals surface area (Å²) in [6, 6.07) is 0.809. The Balaban J connectivity index is 3.00. The molecule has 4 nitrogen and oxygen atoms in total. The minimum absolute atomic E-state index is 0.00405. The number of nitrogens with zero attached hydrogens (tertiary/aromatic N) is 2. The van der Waals surface area contributed by atoms with Gasteiger partial charge in [0.15, 0.2) is 5.69 Å². The Bertz CT molecular complexity index is 423. The molecule has 0 aliphatic carbocycles. The molecule has 0 bridgehead atoms. The molecule has 0 saturated carbocycles. The number of halogens is 4. The van der Waals surface area contributed by atoms with Gasteiger partial charge < -0.3 is 10.1 Å². The molecule has 0 amide bonds. The van der Waals surface area contributed by atoms with Crippen molar-refractivity contribution in [2.45, 2.75) is 25.6 Å². The minimum atomic E-state index is -4.56. The Hall–Kier alpha value is -1.08. The van der Waals surface area contributed by atoms with Gasteiger partial charge in [0, 0.05) is 13.2 Å². The van der Waals surface area contributed by atoms with Crippen molar-refractivity contribution in [3.05, 3.63) is 17.0 Å². The maximum Gasteiger partial charge on any atom is 0.433 e. The largest absolute Gasteiger partial charge is 0.433 e. The first kappa shape index (κ1) is 15.0. The zero-order valence-corrected chi connectivity index (χ0v) is 10.9. The topological polar surface area (TPSA) is 47.0 Å². The van der Waals surface area contributed by atoms with E-state index in [1.807, 2.05) is 0 Å². The fourth-order valence-corrected chi connectivity index (χ4v) is 1.55. The molecule has 18 heavy (non-hydrogen) atoms. The molecule has 0 unspecified atom stereocenters. The Kier molecular flexibility index (Phi) is 4.39. The summed E-state index contributed by atoms with van der Waals surface area (Å²) in [6.45, 7) is 3.83. The van der Waals surface area contributed by atoms with Crippen LogP contribution in [0.3, 0.4) is 0 Å². The number of hydrogen-bond acceptors (Lipinski definition) is 4. The first-order valence-electron chi connectivity index (χ1n) is 5.03. The van der Waals surface area contributed by atoms with Crippen LogP contribution >= 0.6 is 11.6 Å². The number of alkyl halides is 3. The highest BCUT2D eigenvalue weighted by atomic mass is 35.5. The molecule has 1 N–H and O–H groups in total. The highest BCUT2D eigenvalue weighted by Crippen LogP contribution is 2.30. The van der Waals surface area contributed by atoms with E-state index in [9.17, 15) is 13.2 Å². The highest BCUT2D eigenvalue weighted by Gasteiger charge is 2.34. The van der Waals surface area contributed by atoms with Gasteiger partial charge in [-0.15, -0.1) is 0 Å². The standard InChI is InChI=1S/C10H13ClF3N3O/c1-9(2,5-18-3)17-7-4-6(10(12,13)14)15-8(11)16-7/h4H,5H2,1-3H3,(H,15,16,17). The van der Waals surface area contributed by atoms with Crippen LogP contribution in [-0.2, 0) is 10.9 Å². The second-order valence-electron chi connectivity index (χ2n) is 4.35. The van der Waals surface area contributed by atoms with Crippen LogP contribution in [0.5, 0.6) is 0 Å². The molecule has 1 heterocycles. The molecule has 1 aromatic rings. The van der Waals surface area contributed by atoms with Crippen molar-refractivity contribution in [3.63, 3.8) is 0 Å². The van der Waals surface area contributed by atoms with Gasteiger partial charge in [0.05, 0.1) is 12.1 Å². The molecule has 1 aromatic heterocycles. The average Bonchev–Trinajstić information content (AvgIpc) is 2.13. The summed E-state index contributed by atoms with van der Waals surface area (Å²) in [5.41, 5.74) is -1.66. The molecule has 0 radical (unpaired) electrons. The first-order valence-corrected chi connectivity index (χ1v) is 5.41. The lowest BCUT2D eigenvalue weighted by Crippen LogP contribution is -2.36. The number of hydrogen-bond donors (Lipinski definition) is 1. The van der Waals surface area contributed by atoms with Gasteiger partial charge in [0.25, 0.3) is 0 Å². The molecule has 1 rings (SSSR count). The molecule has 0 fully saturated rings. The summed E-state index contributed by atoms with van der Waals surface area (Å²) in [5.74, 6) is 0.00405. The quantitative estimate of drug-likeness (QED) is 0.863. The van der Waals surface area contributed by atoms with Crippen LogP contribution in [0, 0.1) is 0 Å². The number of aromatic nitrogens is 2. The van der Waals surface area contributed by atoms with E-state index in [2.05, 4.69) is 15.3 Å². The van der Waals surface area contributed by atoms with Crippen LogP contribution in [-0.4, -0.2) is 29.2 Å². The predicted octanol–water partition coefficient (Wildman–Crippen LogP) is 2.99. The summed E-state index contributed by atoms with van der Waals surface area (Å²) >= 11 is 5.47. The Labute approximate surface area is 108 Å². The third-order valence-corrected chi connectivity index (χ3v) is 2.13. The van der Waals surface area contributed by atoms with Gasteiger partial charge in [-0.25, -0.2) is 9.97 Å². The van der Waals surface area contributed by atoms with Crippen molar-refractivity contribution in [1.82, 2.24) is 9.97 Å². The number of rotatable bonds is 4. The van der Waals surface area contributed by atoms with Gasteiger partial charge >= 0.3 is 6.18 Å². The average molecular weight is 284 g/mol. The van der Waals surface area contributed by atoms with E-state index >= 15 is 0 Å². The molecule has 0 spiro atoms. The van der Waals surface area contributed by atoms with Gasteiger partial charge in [-0.2, -0.15) is 13.2 Å². The number of methoxy groups -OCH3 is 1. The first-order chi connectivity index (χ1) is 8.14. The van der Waals surface area contributed by atoms with Crippen LogP contribution in [0.25, 0.3) is 0 Å². The molecule has 8 heteroatoms. The summed E-state index contributed by atoms with van der Waals surface area (Å²) in [4.78, 5) is 6.84.